The van der Waals surface area contributed by atoms with Crippen molar-refractivity contribution in [2.24, 2.45) is 0 Å². The van der Waals surface area contributed by atoms with Crippen LogP contribution < -0.4 is 5.32 Å². The second-order valence-corrected chi connectivity index (χ2v) is 7.12. The number of amides is 1. The monoisotopic (exact) mass is 415 g/mol. The Kier molecular flexibility index (Phi) is 5.59. The van der Waals surface area contributed by atoms with Crippen molar-refractivity contribution in [2.75, 3.05) is 13.2 Å². The number of hydrogen-bond donors (Lipinski definition) is 1. The van der Waals surface area contributed by atoms with E-state index in [1.165, 1.54) is 12.1 Å². The minimum absolute atomic E-state index is 0.0459. The second kappa shape index (κ2) is 8.31. The van der Waals surface area contributed by atoms with Crippen LogP contribution in [0.25, 0.3) is 0 Å². The number of benzene rings is 2. The zero-order valence-electron chi connectivity index (χ0n) is 16.0. The molecule has 3 aromatic rings. The molecule has 1 aliphatic rings. The van der Waals surface area contributed by atoms with Crippen LogP contribution in [0.2, 0.25) is 0 Å². The SMILES string of the molecule is O=C(NC[C@H]1OCCc2cn(Cc3ccccc3)nc21)c1cccc(C(F)(F)F)c1. The fourth-order valence-electron chi connectivity index (χ4n) is 3.46. The van der Waals surface area contributed by atoms with E-state index in [4.69, 9.17) is 4.74 Å². The van der Waals surface area contributed by atoms with Crippen LogP contribution >= 0.6 is 0 Å². The van der Waals surface area contributed by atoms with Crippen LogP contribution in [0.4, 0.5) is 13.2 Å². The number of nitrogens with one attached hydrogen (secondary N) is 1. The minimum atomic E-state index is -4.50. The van der Waals surface area contributed by atoms with Crippen molar-refractivity contribution in [3.8, 4) is 0 Å². The third kappa shape index (κ3) is 4.54. The van der Waals surface area contributed by atoms with E-state index in [1.54, 1.807) is 0 Å². The van der Waals surface area contributed by atoms with E-state index in [-0.39, 0.29) is 12.1 Å². The van der Waals surface area contributed by atoms with Gasteiger partial charge in [0.25, 0.3) is 5.91 Å². The summed E-state index contributed by atoms with van der Waals surface area (Å²) in [6, 6.07) is 14.3. The van der Waals surface area contributed by atoms with Crippen LogP contribution in [-0.4, -0.2) is 28.8 Å². The van der Waals surface area contributed by atoms with Crippen molar-refractivity contribution in [3.63, 3.8) is 0 Å². The van der Waals surface area contributed by atoms with Crippen molar-refractivity contribution in [2.45, 2.75) is 25.2 Å². The van der Waals surface area contributed by atoms with Crippen LogP contribution in [-0.2, 0) is 23.9 Å². The Bertz CT molecular complexity index is 1030. The van der Waals surface area contributed by atoms with Gasteiger partial charge in [0.2, 0.25) is 0 Å². The maximum atomic E-state index is 12.9. The Labute approximate surface area is 171 Å². The number of rotatable bonds is 5. The summed E-state index contributed by atoms with van der Waals surface area (Å²) in [5, 5.41) is 7.28. The zero-order chi connectivity index (χ0) is 21.1. The highest BCUT2D eigenvalue weighted by molar-refractivity contribution is 5.94. The van der Waals surface area contributed by atoms with E-state index in [1.807, 2.05) is 41.2 Å². The minimum Gasteiger partial charge on any atom is -0.370 e. The van der Waals surface area contributed by atoms with Crippen LogP contribution in [0, 0.1) is 0 Å². The van der Waals surface area contributed by atoms with E-state index in [2.05, 4.69) is 10.4 Å². The normalized spacial score (nSPS) is 16.2. The molecule has 1 aliphatic heterocycles. The van der Waals surface area contributed by atoms with E-state index >= 15 is 0 Å². The second-order valence-electron chi connectivity index (χ2n) is 7.12. The van der Waals surface area contributed by atoms with Gasteiger partial charge in [0.15, 0.2) is 0 Å². The molecule has 4 rings (SSSR count). The van der Waals surface area contributed by atoms with Gasteiger partial charge < -0.3 is 10.1 Å². The number of carbonyl (C=O) groups excluding carboxylic acids is 1. The first-order valence-corrected chi connectivity index (χ1v) is 9.57. The van der Waals surface area contributed by atoms with Crippen molar-refractivity contribution < 1.29 is 22.7 Å². The first-order chi connectivity index (χ1) is 14.4. The molecule has 0 aliphatic carbocycles. The third-order valence-corrected chi connectivity index (χ3v) is 4.95. The number of ether oxygens (including phenoxy) is 1. The average molecular weight is 415 g/mol. The molecule has 1 atom stereocenters. The molecule has 5 nitrogen and oxygen atoms in total. The lowest BCUT2D eigenvalue weighted by atomic mass is 10.1. The fraction of sp³-hybridized carbons (Fsp3) is 0.273. The quantitative estimate of drug-likeness (QED) is 0.686. The Hall–Kier alpha value is -3.13. The lowest BCUT2D eigenvalue weighted by molar-refractivity contribution is -0.137. The van der Waals surface area contributed by atoms with Gasteiger partial charge in [0, 0.05) is 18.3 Å². The maximum Gasteiger partial charge on any atom is 0.416 e. The van der Waals surface area contributed by atoms with Gasteiger partial charge in [-0.1, -0.05) is 36.4 Å². The van der Waals surface area contributed by atoms with Crippen molar-refractivity contribution >= 4 is 5.91 Å². The molecule has 0 fully saturated rings. The van der Waals surface area contributed by atoms with Crippen molar-refractivity contribution in [1.82, 2.24) is 15.1 Å². The summed E-state index contributed by atoms with van der Waals surface area (Å²) in [5.74, 6) is -0.583. The van der Waals surface area contributed by atoms with Crippen molar-refractivity contribution in [1.29, 1.82) is 0 Å². The highest BCUT2D eigenvalue weighted by Crippen LogP contribution is 2.30. The molecule has 0 unspecified atom stereocenters. The molecule has 2 aromatic carbocycles. The molecule has 0 spiro atoms. The number of nitrogens with zero attached hydrogens (tertiary/aromatic N) is 2. The van der Waals surface area contributed by atoms with E-state index < -0.39 is 23.8 Å². The summed E-state index contributed by atoms with van der Waals surface area (Å²) < 4.78 is 46.2. The number of aromatic nitrogens is 2. The van der Waals surface area contributed by atoms with Gasteiger partial charge in [-0.05, 0) is 35.7 Å². The van der Waals surface area contributed by atoms with Crippen molar-refractivity contribution in [3.05, 3.63) is 88.7 Å². The van der Waals surface area contributed by atoms with Gasteiger partial charge in [-0.25, -0.2) is 0 Å². The van der Waals surface area contributed by atoms with Gasteiger partial charge in [-0.2, -0.15) is 18.3 Å². The predicted molar refractivity (Wildman–Crippen MR) is 104 cm³/mol. The molecule has 1 N–H and O–H groups in total. The molecule has 2 heterocycles. The van der Waals surface area contributed by atoms with E-state index in [0.29, 0.717) is 13.2 Å². The largest absolute Gasteiger partial charge is 0.416 e. The summed E-state index contributed by atoms with van der Waals surface area (Å²) in [4.78, 5) is 12.4. The summed E-state index contributed by atoms with van der Waals surface area (Å²) in [6.45, 7) is 1.25. The lowest BCUT2D eigenvalue weighted by Crippen LogP contribution is -2.32. The topological polar surface area (TPSA) is 56.1 Å². The van der Waals surface area contributed by atoms with Crippen LogP contribution in [0.3, 0.4) is 0 Å². The van der Waals surface area contributed by atoms with Crippen LogP contribution in [0.5, 0.6) is 0 Å². The number of alkyl halides is 3. The molecule has 0 radical (unpaired) electrons. The Balaban J connectivity index is 1.44. The summed E-state index contributed by atoms with van der Waals surface area (Å²) in [6.07, 6.45) is -2.24. The summed E-state index contributed by atoms with van der Waals surface area (Å²) >= 11 is 0. The Morgan fingerprint density at radius 2 is 1.97 bits per heavy atom. The summed E-state index contributed by atoms with van der Waals surface area (Å²) in [5.41, 5.74) is 2.02. The van der Waals surface area contributed by atoms with Gasteiger partial charge in [0.1, 0.15) is 6.10 Å². The summed E-state index contributed by atoms with van der Waals surface area (Å²) in [7, 11) is 0. The first-order valence-electron chi connectivity index (χ1n) is 9.57. The maximum absolute atomic E-state index is 12.9. The first kappa shape index (κ1) is 20.2. The van der Waals surface area contributed by atoms with Gasteiger partial charge in [-0.15, -0.1) is 0 Å². The molecular formula is C22H20F3N3O2. The number of carbonyl (C=O) groups is 1. The molecule has 0 saturated carbocycles. The predicted octanol–water partition coefficient (Wildman–Crippen LogP) is 3.99. The molecular weight excluding hydrogens is 395 g/mol. The molecule has 0 saturated heterocycles. The molecule has 8 heteroatoms. The smallest absolute Gasteiger partial charge is 0.370 e. The molecule has 30 heavy (non-hydrogen) atoms. The number of fused-ring (bicyclic) bond motifs is 1. The highest BCUT2D eigenvalue weighted by Gasteiger charge is 2.31. The standard InChI is InChI=1S/C22H20F3N3O2/c23-22(24,25)18-8-4-7-16(11-18)21(29)26-12-19-20-17(9-10-30-19)14-28(27-20)13-15-5-2-1-3-6-15/h1-8,11,14,19H,9-10,12-13H2,(H,26,29)/t19-/m1/s1. The van der Waals surface area contributed by atoms with E-state index in [9.17, 15) is 18.0 Å². The Morgan fingerprint density at radius 3 is 2.73 bits per heavy atom. The van der Waals surface area contributed by atoms with Crippen LogP contribution in [0.1, 0.15) is 38.8 Å². The number of halogens is 3. The van der Waals surface area contributed by atoms with Gasteiger partial charge in [0.05, 0.1) is 24.4 Å². The third-order valence-electron chi connectivity index (χ3n) is 4.95. The molecule has 1 aromatic heterocycles. The zero-order valence-corrected chi connectivity index (χ0v) is 16.0. The van der Waals surface area contributed by atoms with E-state index in [0.717, 1.165) is 35.4 Å². The molecule has 156 valence electrons. The Morgan fingerprint density at radius 1 is 1.17 bits per heavy atom. The van der Waals surface area contributed by atoms with Gasteiger partial charge in [-0.3, -0.25) is 9.48 Å². The molecule has 1 amide bonds. The lowest BCUT2D eigenvalue weighted by Gasteiger charge is -2.22. The average Bonchev–Trinajstić information content (AvgIpc) is 3.15. The van der Waals surface area contributed by atoms with Gasteiger partial charge >= 0.3 is 6.18 Å². The fourth-order valence-corrected chi connectivity index (χ4v) is 3.46. The number of hydrogen-bond acceptors (Lipinski definition) is 3. The molecule has 0 bridgehead atoms. The van der Waals surface area contributed by atoms with Crippen LogP contribution in [0.15, 0.2) is 60.8 Å². The highest BCUT2D eigenvalue weighted by atomic mass is 19.4.